The molecule has 3 rings (SSSR count). The third kappa shape index (κ3) is 2.73. The van der Waals surface area contributed by atoms with Crippen LogP contribution in [0.25, 0.3) is 11.6 Å². The number of fused-ring (bicyclic) bond motifs is 1. The summed E-state index contributed by atoms with van der Waals surface area (Å²) in [5, 5.41) is 11.8. The van der Waals surface area contributed by atoms with Crippen LogP contribution in [0.15, 0.2) is 48.5 Å². The molecule has 1 aliphatic rings. The van der Waals surface area contributed by atoms with E-state index in [2.05, 4.69) is 5.32 Å². The minimum absolute atomic E-state index is 0.0670. The Bertz CT molecular complexity index is 720. The Hall–Kier alpha value is -2.59. The molecule has 22 heavy (non-hydrogen) atoms. The van der Waals surface area contributed by atoms with Gasteiger partial charge in [0, 0.05) is 36.1 Å². The molecule has 0 spiro atoms. The number of likely N-dealkylation sites (N-methyl/N-ethyl adjacent to an activating group) is 1. The monoisotopic (exact) mass is 294 g/mol. The molecule has 1 amide bonds. The van der Waals surface area contributed by atoms with Gasteiger partial charge < -0.3 is 15.3 Å². The van der Waals surface area contributed by atoms with Crippen molar-refractivity contribution in [1.29, 1.82) is 0 Å². The first-order valence-electron chi connectivity index (χ1n) is 7.23. The normalized spacial score (nSPS) is 14.8. The molecule has 2 N–H and O–H groups in total. The molecule has 1 heterocycles. The fraction of sp³-hybridized carbons (Fsp3) is 0.167. The minimum Gasteiger partial charge on any atom is -0.395 e. The summed E-state index contributed by atoms with van der Waals surface area (Å²) in [5.41, 5.74) is 4.49. The number of anilines is 2. The Labute approximate surface area is 129 Å². The van der Waals surface area contributed by atoms with Crippen LogP contribution >= 0.6 is 0 Å². The Morgan fingerprint density at radius 3 is 2.59 bits per heavy atom. The lowest BCUT2D eigenvalue weighted by Gasteiger charge is -2.17. The summed E-state index contributed by atoms with van der Waals surface area (Å²) in [5.74, 6) is -0.0670. The van der Waals surface area contributed by atoms with Crippen molar-refractivity contribution in [2.45, 2.75) is 0 Å². The standard InChI is InChI=1S/C18H18N2O2/c1-20(10-11-21)14-8-6-13(7-9-14)12-16-15-4-2-3-5-17(15)19-18(16)22/h2-9,12,21H,10-11H2,1H3,(H,19,22)/b16-12+. The SMILES string of the molecule is CN(CCO)c1ccc(/C=C2/C(=O)Nc3ccccc32)cc1. The number of para-hydroxylation sites is 1. The predicted molar refractivity (Wildman–Crippen MR) is 89.7 cm³/mol. The second kappa shape index (κ2) is 6.03. The van der Waals surface area contributed by atoms with Gasteiger partial charge in [0.05, 0.1) is 6.61 Å². The third-order valence-corrected chi connectivity index (χ3v) is 3.79. The average Bonchev–Trinajstić information content (AvgIpc) is 2.84. The van der Waals surface area contributed by atoms with Crippen LogP contribution in [-0.2, 0) is 4.79 Å². The Morgan fingerprint density at radius 2 is 1.86 bits per heavy atom. The molecule has 0 unspecified atom stereocenters. The summed E-state index contributed by atoms with van der Waals surface area (Å²) in [7, 11) is 1.93. The Balaban J connectivity index is 1.88. The molecule has 2 aromatic rings. The number of nitrogens with zero attached hydrogens (tertiary/aromatic N) is 1. The van der Waals surface area contributed by atoms with E-state index in [1.165, 1.54) is 0 Å². The number of aliphatic hydroxyl groups excluding tert-OH is 1. The number of rotatable bonds is 4. The van der Waals surface area contributed by atoms with Crippen LogP contribution in [0.3, 0.4) is 0 Å². The molecule has 2 aromatic carbocycles. The van der Waals surface area contributed by atoms with Gasteiger partial charge in [-0.25, -0.2) is 0 Å². The molecular formula is C18H18N2O2. The average molecular weight is 294 g/mol. The number of hydrogen-bond acceptors (Lipinski definition) is 3. The molecule has 0 bridgehead atoms. The quantitative estimate of drug-likeness (QED) is 0.852. The van der Waals surface area contributed by atoms with Crippen molar-refractivity contribution in [3.8, 4) is 0 Å². The fourth-order valence-electron chi connectivity index (χ4n) is 2.55. The number of benzene rings is 2. The van der Waals surface area contributed by atoms with E-state index in [-0.39, 0.29) is 12.5 Å². The van der Waals surface area contributed by atoms with E-state index in [0.717, 1.165) is 22.5 Å². The molecule has 1 aliphatic heterocycles. The van der Waals surface area contributed by atoms with E-state index < -0.39 is 0 Å². The van der Waals surface area contributed by atoms with Gasteiger partial charge in [-0.2, -0.15) is 0 Å². The highest BCUT2D eigenvalue weighted by Crippen LogP contribution is 2.32. The van der Waals surface area contributed by atoms with Crippen molar-refractivity contribution in [3.05, 3.63) is 59.7 Å². The van der Waals surface area contributed by atoms with Gasteiger partial charge >= 0.3 is 0 Å². The fourth-order valence-corrected chi connectivity index (χ4v) is 2.55. The number of amides is 1. The lowest BCUT2D eigenvalue weighted by molar-refractivity contribution is -0.110. The van der Waals surface area contributed by atoms with Crippen LogP contribution in [0.5, 0.6) is 0 Å². The molecule has 0 fully saturated rings. The van der Waals surface area contributed by atoms with Crippen LogP contribution < -0.4 is 10.2 Å². The summed E-state index contributed by atoms with van der Waals surface area (Å²) < 4.78 is 0. The van der Waals surface area contributed by atoms with Gasteiger partial charge in [0.2, 0.25) is 0 Å². The van der Waals surface area contributed by atoms with Crippen molar-refractivity contribution in [3.63, 3.8) is 0 Å². The van der Waals surface area contributed by atoms with Gasteiger partial charge in [-0.3, -0.25) is 4.79 Å². The molecule has 0 aromatic heterocycles. The smallest absolute Gasteiger partial charge is 0.256 e. The predicted octanol–water partition coefficient (Wildman–Crippen LogP) is 2.61. The molecule has 4 heteroatoms. The number of hydrogen-bond donors (Lipinski definition) is 2. The molecule has 4 nitrogen and oxygen atoms in total. The number of aliphatic hydroxyl groups is 1. The van der Waals surface area contributed by atoms with Crippen LogP contribution in [0, 0.1) is 0 Å². The van der Waals surface area contributed by atoms with Gasteiger partial charge in [-0.05, 0) is 29.8 Å². The summed E-state index contributed by atoms with van der Waals surface area (Å²) >= 11 is 0. The van der Waals surface area contributed by atoms with Crippen molar-refractivity contribution < 1.29 is 9.90 Å². The van der Waals surface area contributed by atoms with E-state index in [1.54, 1.807) is 0 Å². The molecule has 0 radical (unpaired) electrons. The van der Waals surface area contributed by atoms with Crippen LogP contribution in [0.1, 0.15) is 11.1 Å². The number of nitrogens with one attached hydrogen (secondary N) is 1. The maximum absolute atomic E-state index is 12.1. The first-order valence-corrected chi connectivity index (χ1v) is 7.23. The van der Waals surface area contributed by atoms with Crippen molar-refractivity contribution >= 4 is 28.9 Å². The highest BCUT2D eigenvalue weighted by atomic mass is 16.3. The zero-order valence-electron chi connectivity index (χ0n) is 12.4. The summed E-state index contributed by atoms with van der Waals surface area (Å²) in [6.07, 6.45) is 1.90. The van der Waals surface area contributed by atoms with Gasteiger partial charge in [0.25, 0.3) is 5.91 Å². The van der Waals surface area contributed by atoms with E-state index in [4.69, 9.17) is 5.11 Å². The molecule has 0 aliphatic carbocycles. The lowest BCUT2D eigenvalue weighted by atomic mass is 10.0. The van der Waals surface area contributed by atoms with E-state index in [0.29, 0.717) is 12.1 Å². The van der Waals surface area contributed by atoms with Crippen LogP contribution in [0.4, 0.5) is 11.4 Å². The van der Waals surface area contributed by atoms with E-state index in [1.807, 2.05) is 66.6 Å². The summed E-state index contributed by atoms with van der Waals surface area (Å²) in [6, 6.07) is 15.6. The number of carbonyl (C=O) groups is 1. The van der Waals surface area contributed by atoms with E-state index >= 15 is 0 Å². The molecule has 112 valence electrons. The molecule has 0 saturated carbocycles. The highest BCUT2D eigenvalue weighted by molar-refractivity contribution is 6.34. The van der Waals surface area contributed by atoms with Gasteiger partial charge in [0.1, 0.15) is 0 Å². The largest absolute Gasteiger partial charge is 0.395 e. The van der Waals surface area contributed by atoms with Crippen molar-refractivity contribution in [2.75, 3.05) is 30.4 Å². The zero-order chi connectivity index (χ0) is 15.5. The maximum Gasteiger partial charge on any atom is 0.256 e. The van der Waals surface area contributed by atoms with E-state index in [9.17, 15) is 4.79 Å². The summed E-state index contributed by atoms with van der Waals surface area (Å²) in [6.45, 7) is 0.718. The van der Waals surface area contributed by atoms with Crippen molar-refractivity contribution in [2.24, 2.45) is 0 Å². The third-order valence-electron chi connectivity index (χ3n) is 3.79. The molecule has 0 atom stereocenters. The first kappa shape index (κ1) is 14.4. The second-order valence-electron chi connectivity index (χ2n) is 5.29. The van der Waals surface area contributed by atoms with Crippen molar-refractivity contribution in [1.82, 2.24) is 0 Å². The van der Waals surface area contributed by atoms with Crippen LogP contribution in [-0.4, -0.2) is 31.2 Å². The topological polar surface area (TPSA) is 52.6 Å². The Kier molecular flexibility index (Phi) is 3.94. The number of carbonyl (C=O) groups excluding carboxylic acids is 1. The molecule has 0 saturated heterocycles. The summed E-state index contributed by atoms with van der Waals surface area (Å²) in [4.78, 5) is 14.1. The molecular weight excluding hydrogens is 276 g/mol. The van der Waals surface area contributed by atoms with Crippen LogP contribution in [0.2, 0.25) is 0 Å². The highest BCUT2D eigenvalue weighted by Gasteiger charge is 2.23. The van der Waals surface area contributed by atoms with Gasteiger partial charge in [-0.1, -0.05) is 30.3 Å². The Morgan fingerprint density at radius 1 is 1.14 bits per heavy atom. The van der Waals surface area contributed by atoms with Gasteiger partial charge in [0.15, 0.2) is 0 Å². The maximum atomic E-state index is 12.1. The van der Waals surface area contributed by atoms with Gasteiger partial charge in [-0.15, -0.1) is 0 Å². The lowest BCUT2D eigenvalue weighted by Crippen LogP contribution is -2.20. The zero-order valence-corrected chi connectivity index (χ0v) is 12.4. The first-order chi connectivity index (χ1) is 10.7. The second-order valence-corrected chi connectivity index (χ2v) is 5.29. The minimum atomic E-state index is -0.0670.